The van der Waals surface area contributed by atoms with Crippen molar-refractivity contribution in [3.8, 4) is 0 Å². The lowest BCUT2D eigenvalue weighted by molar-refractivity contribution is 0.0943. The van der Waals surface area contributed by atoms with Crippen LogP contribution in [0.2, 0.25) is 0 Å². The van der Waals surface area contributed by atoms with E-state index in [4.69, 9.17) is 10.2 Å². The molecule has 13 heavy (non-hydrogen) atoms. The lowest BCUT2D eigenvalue weighted by Gasteiger charge is -2.07. The number of hydrogen-bond acceptors (Lipinski definition) is 4. The van der Waals surface area contributed by atoms with E-state index in [0.717, 1.165) is 11.0 Å². The van der Waals surface area contributed by atoms with E-state index in [1.165, 1.54) is 4.88 Å². The van der Waals surface area contributed by atoms with Gasteiger partial charge in [0.2, 0.25) is 0 Å². The summed E-state index contributed by atoms with van der Waals surface area (Å²) in [5.74, 6) is 0. The summed E-state index contributed by atoms with van der Waals surface area (Å²) in [4.78, 5) is 1.20. The van der Waals surface area contributed by atoms with Crippen molar-refractivity contribution in [1.82, 2.24) is 5.32 Å². The highest BCUT2D eigenvalue weighted by atomic mass is 79.9. The van der Waals surface area contributed by atoms with Gasteiger partial charge in [0.25, 0.3) is 0 Å². The van der Waals surface area contributed by atoms with Gasteiger partial charge in [-0.2, -0.15) is 0 Å². The number of halogens is 1. The third-order valence-electron chi connectivity index (χ3n) is 1.57. The molecule has 0 aliphatic carbocycles. The van der Waals surface area contributed by atoms with E-state index in [2.05, 4.69) is 21.2 Å². The fourth-order valence-electron chi connectivity index (χ4n) is 0.868. The van der Waals surface area contributed by atoms with Crippen molar-refractivity contribution in [3.63, 3.8) is 0 Å². The summed E-state index contributed by atoms with van der Waals surface area (Å²) in [6, 6.07) is 1.99. The molecule has 0 aromatic carbocycles. The summed E-state index contributed by atoms with van der Waals surface area (Å²) >= 11 is 5.06. The molecule has 1 aromatic heterocycles. The second-order valence-corrected chi connectivity index (χ2v) is 4.51. The maximum absolute atomic E-state index is 9.04. The van der Waals surface area contributed by atoms with Crippen LogP contribution in [0.3, 0.4) is 0 Å². The van der Waals surface area contributed by atoms with E-state index in [1.807, 2.05) is 11.4 Å². The maximum atomic E-state index is 9.04. The van der Waals surface area contributed by atoms with Crippen LogP contribution in [0.1, 0.15) is 4.88 Å². The van der Waals surface area contributed by atoms with E-state index < -0.39 is 6.10 Å². The van der Waals surface area contributed by atoms with Gasteiger partial charge in [-0.05, 0) is 27.4 Å². The minimum atomic E-state index is -0.668. The van der Waals surface area contributed by atoms with Crippen LogP contribution in [0.4, 0.5) is 0 Å². The highest BCUT2D eigenvalue weighted by Crippen LogP contribution is 2.21. The molecule has 74 valence electrons. The van der Waals surface area contributed by atoms with Crippen molar-refractivity contribution in [3.05, 3.63) is 20.8 Å². The molecule has 0 aliphatic rings. The van der Waals surface area contributed by atoms with Gasteiger partial charge in [0.05, 0.1) is 12.7 Å². The number of hydrogen-bond donors (Lipinski definition) is 3. The fourth-order valence-corrected chi connectivity index (χ4v) is 2.33. The summed E-state index contributed by atoms with van der Waals surface area (Å²) < 4.78 is 1.09. The highest BCUT2D eigenvalue weighted by Gasteiger charge is 2.03. The molecule has 0 spiro atoms. The first kappa shape index (κ1) is 11.1. The molecule has 0 radical (unpaired) electrons. The zero-order valence-corrected chi connectivity index (χ0v) is 9.44. The zero-order chi connectivity index (χ0) is 9.68. The molecule has 3 N–H and O–H groups in total. The topological polar surface area (TPSA) is 52.5 Å². The first-order valence-electron chi connectivity index (χ1n) is 3.95. The number of rotatable bonds is 5. The van der Waals surface area contributed by atoms with Crippen molar-refractivity contribution in [2.75, 3.05) is 13.2 Å². The molecule has 1 aromatic rings. The monoisotopic (exact) mass is 265 g/mol. The Kier molecular flexibility index (Phi) is 4.90. The van der Waals surface area contributed by atoms with Gasteiger partial charge in [-0.3, -0.25) is 0 Å². The van der Waals surface area contributed by atoms with E-state index in [9.17, 15) is 0 Å². The Hall–Kier alpha value is 0.0600. The van der Waals surface area contributed by atoms with Crippen LogP contribution < -0.4 is 5.32 Å². The smallest absolute Gasteiger partial charge is 0.0895 e. The molecule has 1 atom stereocenters. The Labute approximate surface area is 89.5 Å². The lowest BCUT2D eigenvalue weighted by Crippen LogP contribution is -2.28. The Morgan fingerprint density at radius 2 is 2.38 bits per heavy atom. The molecule has 0 bridgehead atoms. The third kappa shape index (κ3) is 3.74. The van der Waals surface area contributed by atoms with Crippen molar-refractivity contribution in [2.45, 2.75) is 12.6 Å². The van der Waals surface area contributed by atoms with Crippen molar-refractivity contribution in [2.24, 2.45) is 0 Å². The van der Waals surface area contributed by atoms with Crippen molar-refractivity contribution in [1.29, 1.82) is 0 Å². The predicted molar refractivity (Wildman–Crippen MR) is 56.8 cm³/mol. The first-order valence-corrected chi connectivity index (χ1v) is 5.63. The van der Waals surface area contributed by atoms with Gasteiger partial charge in [-0.15, -0.1) is 11.3 Å². The average Bonchev–Trinajstić information content (AvgIpc) is 2.52. The van der Waals surface area contributed by atoms with Crippen LogP contribution in [0.15, 0.2) is 15.9 Å². The molecule has 0 saturated carbocycles. The molecule has 1 heterocycles. The van der Waals surface area contributed by atoms with Gasteiger partial charge in [-0.25, -0.2) is 0 Å². The number of aliphatic hydroxyl groups excluding tert-OH is 2. The number of aliphatic hydroxyl groups is 2. The standard InChI is InChI=1S/C8H12BrNO2S/c9-7-1-2-13-8(7)4-10-3-6(12)5-11/h1-2,6,10-12H,3-5H2. The minimum absolute atomic E-state index is 0.196. The van der Waals surface area contributed by atoms with E-state index >= 15 is 0 Å². The van der Waals surface area contributed by atoms with Crippen molar-refractivity contribution < 1.29 is 10.2 Å². The number of thiophene rings is 1. The van der Waals surface area contributed by atoms with Crippen LogP contribution in [-0.4, -0.2) is 29.5 Å². The van der Waals surface area contributed by atoms with Gasteiger partial charge >= 0.3 is 0 Å². The second-order valence-electron chi connectivity index (χ2n) is 2.66. The van der Waals surface area contributed by atoms with Crippen LogP contribution in [0.25, 0.3) is 0 Å². The highest BCUT2D eigenvalue weighted by molar-refractivity contribution is 9.10. The second kappa shape index (κ2) is 5.72. The molecule has 0 aliphatic heterocycles. The van der Waals surface area contributed by atoms with E-state index in [0.29, 0.717) is 6.54 Å². The molecular formula is C8H12BrNO2S. The SMILES string of the molecule is OCC(O)CNCc1sccc1Br. The van der Waals surface area contributed by atoms with Crippen LogP contribution in [-0.2, 0) is 6.54 Å². The molecule has 3 nitrogen and oxygen atoms in total. The summed E-state index contributed by atoms with van der Waals surface area (Å²) in [6.45, 7) is 0.939. The minimum Gasteiger partial charge on any atom is -0.394 e. The van der Waals surface area contributed by atoms with Gasteiger partial charge in [0, 0.05) is 22.4 Å². The first-order chi connectivity index (χ1) is 6.24. The lowest BCUT2D eigenvalue weighted by atomic mass is 10.3. The van der Waals surface area contributed by atoms with E-state index in [1.54, 1.807) is 11.3 Å². The summed E-state index contributed by atoms with van der Waals surface area (Å²) in [5.41, 5.74) is 0. The Morgan fingerprint density at radius 1 is 1.62 bits per heavy atom. The molecule has 5 heteroatoms. The molecule has 0 amide bonds. The summed E-state index contributed by atoms with van der Waals surface area (Å²) in [7, 11) is 0. The van der Waals surface area contributed by atoms with Gasteiger partial charge in [-0.1, -0.05) is 0 Å². The normalized spacial score (nSPS) is 13.2. The van der Waals surface area contributed by atoms with Crippen LogP contribution in [0.5, 0.6) is 0 Å². The average molecular weight is 266 g/mol. The van der Waals surface area contributed by atoms with Gasteiger partial charge in [0.15, 0.2) is 0 Å². The molecule has 0 fully saturated rings. The summed E-state index contributed by atoms with van der Waals surface area (Å²) in [5, 5.41) is 22.6. The van der Waals surface area contributed by atoms with Gasteiger partial charge < -0.3 is 15.5 Å². The molecule has 1 unspecified atom stereocenters. The van der Waals surface area contributed by atoms with E-state index in [-0.39, 0.29) is 6.61 Å². The largest absolute Gasteiger partial charge is 0.394 e. The molecular weight excluding hydrogens is 254 g/mol. The number of nitrogens with one attached hydrogen (secondary N) is 1. The third-order valence-corrected chi connectivity index (χ3v) is 3.49. The molecule has 1 rings (SSSR count). The Bertz CT molecular complexity index is 254. The van der Waals surface area contributed by atoms with Crippen molar-refractivity contribution >= 4 is 27.3 Å². The zero-order valence-electron chi connectivity index (χ0n) is 7.03. The predicted octanol–water partition coefficient (Wildman–Crippen LogP) is 0.953. The van der Waals surface area contributed by atoms with Crippen LogP contribution >= 0.6 is 27.3 Å². The summed E-state index contributed by atoms with van der Waals surface area (Å²) in [6.07, 6.45) is -0.668. The maximum Gasteiger partial charge on any atom is 0.0895 e. The molecule has 0 saturated heterocycles. The Balaban J connectivity index is 2.24. The Morgan fingerprint density at radius 3 is 2.92 bits per heavy atom. The quantitative estimate of drug-likeness (QED) is 0.744. The van der Waals surface area contributed by atoms with Crippen LogP contribution in [0, 0.1) is 0 Å². The van der Waals surface area contributed by atoms with Gasteiger partial charge in [0.1, 0.15) is 0 Å². The fraction of sp³-hybridized carbons (Fsp3) is 0.500.